The molecule has 7 nitrogen and oxygen atoms in total. The van der Waals surface area contributed by atoms with Crippen molar-refractivity contribution in [2.45, 2.75) is 18.4 Å². The minimum atomic E-state index is -4.09. The Morgan fingerprint density at radius 1 is 1.00 bits per heavy atom. The zero-order valence-corrected chi connectivity index (χ0v) is 25.0. The van der Waals surface area contributed by atoms with Gasteiger partial charge in [-0.05, 0) is 59.5 Å². The second-order valence-corrected chi connectivity index (χ2v) is 10.8. The molecule has 0 bridgehead atoms. The number of benzene rings is 3. The topological polar surface area (TPSA) is 94.0 Å². The van der Waals surface area contributed by atoms with Crippen LogP contribution in [0.25, 0.3) is 28.4 Å². The molecule has 39 heavy (non-hydrogen) atoms. The fourth-order valence-electron chi connectivity index (χ4n) is 4.10. The van der Waals surface area contributed by atoms with E-state index in [-0.39, 0.29) is 41.6 Å². The fourth-order valence-corrected chi connectivity index (χ4v) is 5.30. The van der Waals surface area contributed by atoms with Crippen LogP contribution in [0, 0.1) is 6.92 Å². The molecule has 5 rings (SSSR count). The first-order chi connectivity index (χ1) is 18.2. The van der Waals surface area contributed by atoms with Gasteiger partial charge in [-0.1, -0.05) is 78.9 Å². The number of fused-ring (bicyclic) bond motifs is 1. The number of aryl methyl sites for hydroxylation is 1. The molecular weight excluding hydrogens is 543 g/mol. The van der Waals surface area contributed by atoms with Crippen LogP contribution < -0.4 is 34.3 Å². The number of nitrogens with zero attached hydrogens (tertiary/aromatic N) is 3. The smallest absolute Gasteiger partial charge is 1.00 e. The van der Waals surface area contributed by atoms with E-state index in [2.05, 4.69) is 21.3 Å². The van der Waals surface area contributed by atoms with Crippen LogP contribution in [0.2, 0.25) is 5.02 Å². The second kappa shape index (κ2) is 11.9. The molecule has 0 saturated heterocycles. The molecule has 0 fully saturated rings. The third kappa shape index (κ3) is 6.16. The minimum absolute atomic E-state index is 0. The number of halogens is 1. The van der Waals surface area contributed by atoms with Gasteiger partial charge in [-0.15, -0.1) is 0 Å². The van der Waals surface area contributed by atoms with E-state index >= 15 is 0 Å². The molecule has 3 aromatic carbocycles. The van der Waals surface area contributed by atoms with Gasteiger partial charge in [0.2, 0.25) is 0 Å². The molecular formula is C29H24ClN4NaO3S. The van der Waals surface area contributed by atoms with Gasteiger partial charge in [0.1, 0.15) is 17.0 Å². The monoisotopic (exact) mass is 566 g/mol. The molecule has 10 heteroatoms. The van der Waals surface area contributed by atoms with Crippen molar-refractivity contribution in [2.75, 3.05) is 0 Å². The van der Waals surface area contributed by atoms with Crippen molar-refractivity contribution in [3.8, 4) is 11.1 Å². The van der Waals surface area contributed by atoms with Gasteiger partial charge in [0, 0.05) is 5.02 Å². The van der Waals surface area contributed by atoms with Crippen LogP contribution in [0.4, 0.5) is 0 Å². The van der Waals surface area contributed by atoms with Crippen LogP contribution in [0.1, 0.15) is 28.9 Å². The Kier molecular flexibility index (Phi) is 8.73. The average molecular weight is 567 g/mol. The summed E-state index contributed by atoms with van der Waals surface area (Å²) in [5, 5.41) is 0.593. The Hall–Kier alpha value is -3.27. The molecule has 0 unspecified atom stereocenters. The number of imidazole rings is 1. The van der Waals surface area contributed by atoms with Gasteiger partial charge in [-0.3, -0.25) is 4.79 Å². The number of rotatable bonds is 7. The van der Waals surface area contributed by atoms with E-state index in [0.717, 1.165) is 22.3 Å². The Balaban J connectivity index is 0.00000220. The molecule has 1 N–H and O–H groups in total. The third-order valence-corrected chi connectivity index (χ3v) is 7.86. The minimum Gasteiger partial charge on any atom is -1.00 e. The second-order valence-electron chi connectivity index (χ2n) is 8.66. The van der Waals surface area contributed by atoms with Crippen molar-refractivity contribution >= 4 is 44.8 Å². The molecule has 2 heterocycles. The summed E-state index contributed by atoms with van der Waals surface area (Å²) in [5.41, 5.74) is 4.68. The van der Waals surface area contributed by atoms with Gasteiger partial charge in [0.15, 0.2) is 5.65 Å². The first kappa shape index (κ1) is 28.7. The van der Waals surface area contributed by atoms with E-state index in [1.165, 1.54) is 18.2 Å². The summed E-state index contributed by atoms with van der Waals surface area (Å²) in [4.78, 5) is 21.9. The van der Waals surface area contributed by atoms with Crippen molar-refractivity contribution in [3.05, 3.63) is 119 Å². The molecule has 5 aromatic rings. The number of amides is 1. The number of pyridine rings is 1. The SMILES string of the molecule is C=Cc1ccc(S(=O)(=O)NC(=O)c2ccc3nc(C)n(Cc4ccc(-c5ccccc5)cc4Cl)c3n2)cc1.[H-].[Na+]. The number of carbonyl (C=O) groups excluding carboxylic acids is 1. The standard InChI is InChI=1S/C29H23ClN4O3S.Na.H/c1-3-20-9-13-24(14-10-20)38(36,37)33-29(35)27-16-15-26-28(32-27)34(19(2)31-26)18-23-12-11-22(17-25(23)30)21-7-5-4-6-8-21;;/h3-17H,1,18H2,2H3,(H,33,35);;/q;+1;-1. The average Bonchev–Trinajstić information content (AvgIpc) is 3.24. The van der Waals surface area contributed by atoms with Gasteiger partial charge in [0.05, 0.1) is 11.4 Å². The molecule has 0 saturated carbocycles. The molecule has 0 atom stereocenters. The Morgan fingerprint density at radius 3 is 2.38 bits per heavy atom. The van der Waals surface area contributed by atoms with Crippen LogP contribution >= 0.6 is 11.6 Å². The Labute approximate surface area is 255 Å². The van der Waals surface area contributed by atoms with E-state index in [4.69, 9.17) is 11.6 Å². The molecule has 0 radical (unpaired) electrons. The maximum absolute atomic E-state index is 12.9. The van der Waals surface area contributed by atoms with Gasteiger partial charge in [-0.2, -0.15) is 0 Å². The summed E-state index contributed by atoms with van der Waals surface area (Å²) in [6.07, 6.45) is 1.60. The van der Waals surface area contributed by atoms with Gasteiger partial charge in [0.25, 0.3) is 15.9 Å². The summed E-state index contributed by atoms with van der Waals surface area (Å²) >= 11 is 6.64. The van der Waals surface area contributed by atoms with E-state index in [1.807, 2.05) is 60.0 Å². The van der Waals surface area contributed by atoms with Crippen LogP contribution in [0.15, 0.2) is 96.4 Å². The molecule has 1 amide bonds. The number of nitrogens with one attached hydrogen (secondary N) is 1. The number of hydrogen-bond acceptors (Lipinski definition) is 5. The third-order valence-electron chi connectivity index (χ3n) is 6.16. The maximum Gasteiger partial charge on any atom is 1.00 e. The first-order valence-corrected chi connectivity index (χ1v) is 13.6. The summed E-state index contributed by atoms with van der Waals surface area (Å²) in [6, 6.07) is 25.0. The van der Waals surface area contributed by atoms with Crippen molar-refractivity contribution in [1.82, 2.24) is 19.3 Å². The zero-order valence-electron chi connectivity index (χ0n) is 22.4. The van der Waals surface area contributed by atoms with Crippen molar-refractivity contribution in [2.24, 2.45) is 0 Å². The molecule has 0 aliphatic carbocycles. The normalized spacial score (nSPS) is 11.1. The quantitative estimate of drug-likeness (QED) is 0.306. The number of carbonyl (C=O) groups is 1. The van der Waals surface area contributed by atoms with Crippen LogP contribution in [-0.4, -0.2) is 28.9 Å². The van der Waals surface area contributed by atoms with E-state index < -0.39 is 15.9 Å². The van der Waals surface area contributed by atoms with Gasteiger partial charge < -0.3 is 5.99 Å². The number of sulfonamides is 1. The van der Waals surface area contributed by atoms with Crippen LogP contribution in [0.5, 0.6) is 0 Å². The van der Waals surface area contributed by atoms with Crippen molar-refractivity contribution in [3.63, 3.8) is 0 Å². The van der Waals surface area contributed by atoms with E-state index in [0.29, 0.717) is 28.6 Å². The number of aromatic nitrogens is 3. The summed E-state index contributed by atoms with van der Waals surface area (Å²) < 4.78 is 29.4. The zero-order chi connectivity index (χ0) is 26.9. The van der Waals surface area contributed by atoms with Crippen LogP contribution in [0.3, 0.4) is 0 Å². The van der Waals surface area contributed by atoms with E-state index in [9.17, 15) is 13.2 Å². The Morgan fingerprint density at radius 2 is 1.72 bits per heavy atom. The van der Waals surface area contributed by atoms with Gasteiger partial charge >= 0.3 is 29.6 Å². The molecule has 0 aliphatic heterocycles. The maximum atomic E-state index is 12.9. The van der Waals surface area contributed by atoms with E-state index in [1.54, 1.807) is 24.3 Å². The van der Waals surface area contributed by atoms with Crippen molar-refractivity contribution < 1.29 is 44.2 Å². The predicted molar refractivity (Wildman–Crippen MR) is 151 cm³/mol. The Bertz CT molecular complexity index is 1790. The molecule has 0 spiro atoms. The summed E-state index contributed by atoms with van der Waals surface area (Å²) in [7, 11) is -4.09. The fraction of sp³-hybridized carbons (Fsp3) is 0.0690. The van der Waals surface area contributed by atoms with Crippen LogP contribution in [-0.2, 0) is 16.6 Å². The molecule has 2 aromatic heterocycles. The largest absolute Gasteiger partial charge is 1.00 e. The summed E-state index contributed by atoms with van der Waals surface area (Å²) in [6.45, 7) is 5.87. The molecule has 192 valence electrons. The molecule has 0 aliphatic rings. The predicted octanol–water partition coefficient (Wildman–Crippen LogP) is 2.99. The summed E-state index contributed by atoms with van der Waals surface area (Å²) in [5.74, 6) is -0.154. The number of hydrogen-bond donors (Lipinski definition) is 1. The van der Waals surface area contributed by atoms with Gasteiger partial charge in [-0.25, -0.2) is 23.1 Å². The first-order valence-electron chi connectivity index (χ1n) is 11.7. The van der Waals surface area contributed by atoms with Crippen molar-refractivity contribution in [1.29, 1.82) is 0 Å².